The summed E-state index contributed by atoms with van der Waals surface area (Å²) in [7, 11) is 1.23. The van der Waals surface area contributed by atoms with Gasteiger partial charge >= 0.3 is 5.97 Å². The highest BCUT2D eigenvalue weighted by Crippen LogP contribution is 2.23. The number of benzene rings is 1. The fourth-order valence-electron chi connectivity index (χ4n) is 2.21. The Labute approximate surface area is 164 Å². The molecule has 0 saturated carbocycles. The Morgan fingerprint density at radius 1 is 1.29 bits per heavy atom. The number of ether oxygens (including phenoxy) is 1. The van der Waals surface area contributed by atoms with Gasteiger partial charge in [0.05, 0.1) is 23.8 Å². The molecule has 1 aromatic heterocycles. The number of amides is 1. The molecule has 1 fully saturated rings. The zero-order valence-electron chi connectivity index (χ0n) is 14.6. The molecule has 28 heavy (non-hydrogen) atoms. The average molecular weight is 391 g/mol. The molecule has 1 aromatic carbocycles. The zero-order chi connectivity index (χ0) is 19.9. The second kappa shape index (κ2) is 8.75. The van der Waals surface area contributed by atoms with Crippen molar-refractivity contribution in [2.24, 2.45) is 10.2 Å². The van der Waals surface area contributed by atoms with E-state index in [1.54, 1.807) is 12.3 Å². The van der Waals surface area contributed by atoms with E-state index in [4.69, 9.17) is 5.26 Å². The number of esters is 1. The molecule has 0 atom stereocenters. The van der Waals surface area contributed by atoms with E-state index in [1.165, 1.54) is 19.5 Å². The molecule has 9 heteroatoms. The van der Waals surface area contributed by atoms with E-state index in [2.05, 4.69) is 31.3 Å². The number of amidine groups is 1. The average Bonchev–Trinajstić information content (AvgIpc) is 3.07. The van der Waals surface area contributed by atoms with Gasteiger partial charge in [0.25, 0.3) is 5.91 Å². The fraction of sp³-hybridized carbons (Fsp3) is 0.0526. The molecule has 1 aliphatic rings. The third-order valence-corrected chi connectivity index (χ3v) is 4.47. The first-order valence-electron chi connectivity index (χ1n) is 7.94. The van der Waals surface area contributed by atoms with Crippen molar-refractivity contribution >= 4 is 35.0 Å². The molecule has 2 aromatic rings. The topological polar surface area (TPSA) is 117 Å². The van der Waals surface area contributed by atoms with E-state index in [-0.39, 0.29) is 10.1 Å². The Morgan fingerprint density at radius 3 is 2.79 bits per heavy atom. The molecule has 0 bridgehead atoms. The number of aromatic nitrogens is 1. The first-order chi connectivity index (χ1) is 13.6. The van der Waals surface area contributed by atoms with Crippen molar-refractivity contribution in [3.8, 4) is 17.2 Å². The number of nitrogens with zero attached hydrogens (tertiary/aromatic N) is 4. The number of rotatable bonds is 4. The van der Waals surface area contributed by atoms with Crippen molar-refractivity contribution in [3.63, 3.8) is 0 Å². The molecule has 1 saturated heterocycles. The minimum atomic E-state index is -0.613. The minimum absolute atomic E-state index is 0.193. The summed E-state index contributed by atoms with van der Waals surface area (Å²) in [6, 6.07) is 11.3. The molecule has 0 radical (unpaired) electrons. The van der Waals surface area contributed by atoms with Crippen molar-refractivity contribution in [1.82, 2.24) is 10.3 Å². The number of hydrogen-bond donors (Lipinski definition) is 1. The first kappa shape index (κ1) is 19.0. The molecule has 2 heterocycles. The maximum Gasteiger partial charge on any atom is 0.331 e. The normalized spacial score (nSPS) is 16.4. The van der Waals surface area contributed by atoms with Gasteiger partial charge < -0.3 is 4.74 Å². The van der Waals surface area contributed by atoms with Crippen LogP contribution in [-0.2, 0) is 14.3 Å². The van der Waals surface area contributed by atoms with E-state index in [0.29, 0.717) is 5.56 Å². The van der Waals surface area contributed by atoms with Crippen LogP contribution in [0, 0.1) is 11.3 Å². The van der Waals surface area contributed by atoms with Gasteiger partial charge in [0, 0.05) is 24.0 Å². The molecule has 138 valence electrons. The van der Waals surface area contributed by atoms with Crippen LogP contribution in [0.4, 0.5) is 0 Å². The molecule has 1 aliphatic heterocycles. The monoisotopic (exact) mass is 391 g/mol. The molecular weight excluding hydrogens is 378 g/mol. The lowest BCUT2D eigenvalue weighted by Crippen LogP contribution is -2.19. The van der Waals surface area contributed by atoms with E-state index < -0.39 is 11.9 Å². The van der Waals surface area contributed by atoms with Crippen LogP contribution in [-0.4, -0.2) is 35.4 Å². The number of methoxy groups -OCH3 is 1. The van der Waals surface area contributed by atoms with Gasteiger partial charge in [0.15, 0.2) is 5.17 Å². The highest BCUT2D eigenvalue weighted by atomic mass is 32.2. The maximum atomic E-state index is 11.7. The van der Waals surface area contributed by atoms with Crippen LogP contribution >= 0.6 is 11.8 Å². The molecule has 3 rings (SSSR count). The van der Waals surface area contributed by atoms with Crippen molar-refractivity contribution in [1.29, 1.82) is 5.26 Å². The third kappa shape index (κ3) is 4.69. The van der Waals surface area contributed by atoms with Gasteiger partial charge in [-0.15, -0.1) is 5.10 Å². The largest absolute Gasteiger partial charge is 0.466 e. The SMILES string of the molecule is COC(=O)/C=C1/S/C(=N\N=Cc2ccc(-c3cncc(C#N)c3)cc2)NC1=O. The summed E-state index contributed by atoms with van der Waals surface area (Å²) in [5, 5.41) is 19.6. The van der Waals surface area contributed by atoms with Crippen LogP contribution in [0.25, 0.3) is 11.1 Å². The predicted octanol–water partition coefficient (Wildman–Crippen LogP) is 2.23. The minimum Gasteiger partial charge on any atom is -0.466 e. The van der Waals surface area contributed by atoms with Crippen molar-refractivity contribution < 1.29 is 14.3 Å². The molecule has 8 nitrogen and oxygen atoms in total. The highest BCUT2D eigenvalue weighted by Gasteiger charge is 2.24. The fourth-order valence-corrected chi connectivity index (χ4v) is 2.95. The quantitative estimate of drug-likeness (QED) is 0.370. The number of thioether (sulfide) groups is 1. The van der Waals surface area contributed by atoms with Crippen molar-refractivity contribution in [3.05, 3.63) is 64.8 Å². The summed E-state index contributed by atoms with van der Waals surface area (Å²) in [5.74, 6) is -1.04. The summed E-state index contributed by atoms with van der Waals surface area (Å²) >= 11 is 1.00. The Morgan fingerprint density at radius 2 is 2.07 bits per heavy atom. The summed E-state index contributed by atoms with van der Waals surface area (Å²) in [6.07, 6.45) is 5.83. The van der Waals surface area contributed by atoms with E-state index in [9.17, 15) is 9.59 Å². The van der Waals surface area contributed by atoms with Crippen molar-refractivity contribution in [2.45, 2.75) is 0 Å². The Kier molecular flexibility index (Phi) is 5.94. The van der Waals surface area contributed by atoms with Crippen molar-refractivity contribution in [2.75, 3.05) is 7.11 Å². The number of carbonyl (C=O) groups excluding carboxylic acids is 2. The van der Waals surface area contributed by atoms with Gasteiger partial charge in [-0.3, -0.25) is 15.1 Å². The van der Waals surface area contributed by atoms with Gasteiger partial charge in [0.1, 0.15) is 6.07 Å². The zero-order valence-corrected chi connectivity index (χ0v) is 15.4. The molecular formula is C19H13N5O3S. The molecule has 0 aliphatic carbocycles. The lowest BCUT2D eigenvalue weighted by Gasteiger charge is -2.01. The lowest BCUT2D eigenvalue weighted by atomic mass is 10.0. The Bertz CT molecular complexity index is 1050. The van der Waals surface area contributed by atoms with Crippen LogP contribution in [0.2, 0.25) is 0 Å². The number of nitriles is 1. The number of nitrogens with one attached hydrogen (secondary N) is 1. The van der Waals surface area contributed by atoms with E-state index in [1.807, 2.05) is 24.3 Å². The maximum absolute atomic E-state index is 11.7. The van der Waals surface area contributed by atoms with Crippen LogP contribution in [0.5, 0.6) is 0 Å². The predicted molar refractivity (Wildman–Crippen MR) is 105 cm³/mol. The smallest absolute Gasteiger partial charge is 0.331 e. The van der Waals surface area contributed by atoms with E-state index >= 15 is 0 Å². The van der Waals surface area contributed by atoms with Crippen LogP contribution in [0.15, 0.2) is 63.9 Å². The van der Waals surface area contributed by atoms with Crippen LogP contribution < -0.4 is 5.32 Å². The van der Waals surface area contributed by atoms with Gasteiger partial charge in [-0.1, -0.05) is 24.3 Å². The second-order valence-corrected chi connectivity index (χ2v) is 6.46. The van der Waals surface area contributed by atoms with Crippen LogP contribution in [0.3, 0.4) is 0 Å². The molecule has 1 N–H and O–H groups in total. The standard InChI is InChI=1S/C19H13N5O3S/c1-27-17(25)7-16-18(26)23-19(28-16)24-22-10-12-2-4-14(5-3-12)15-6-13(8-20)9-21-11-15/h2-7,9-11H,1H3,(H,23,24,26)/b16-7+,22-10?. The number of carbonyl (C=O) groups is 2. The number of pyridine rings is 1. The van der Waals surface area contributed by atoms with Gasteiger partial charge in [0.2, 0.25) is 0 Å². The molecule has 0 spiro atoms. The summed E-state index contributed by atoms with van der Waals surface area (Å²) in [6.45, 7) is 0. The second-order valence-electron chi connectivity index (χ2n) is 5.43. The number of hydrogen-bond acceptors (Lipinski definition) is 8. The van der Waals surface area contributed by atoms with Gasteiger partial charge in [-0.05, 0) is 29.0 Å². The van der Waals surface area contributed by atoms with Crippen LogP contribution in [0.1, 0.15) is 11.1 Å². The highest BCUT2D eigenvalue weighted by molar-refractivity contribution is 8.18. The Hall–Kier alpha value is -3.77. The summed E-state index contributed by atoms with van der Waals surface area (Å²) < 4.78 is 4.49. The van der Waals surface area contributed by atoms with Gasteiger partial charge in [-0.2, -0.15) is 10.4 Å². The lowest BCUT2D eigenvalue weighted by molar-refractivity contribution is -0.135. The third-order valence-electron chi connectivity index (χ3n) is 3.57. The van der Waals surface area contributed by atoms with E-state index in [0.717, 1.165) is 34.5 Å². The Balaban J connectivity index is 1.67. The molecule has 0 unspecified atom stereocenters. The molecule has 1 amide bonds. The first-order valence-corrected chi connectivity index (χ1v) is 8.76. The summed E-state index contributed by atoms with van der Waals surface area (Å²) in [5.41, 5.74) is 3.06. The summed E-state index contributed by atoms with van der Waals surface area (Å²) in [4.78, 5) is 27.2. The van der Waals surface area contributed by atoms with Gasteiger partial charge in [-0.25, -0.2) is 4.79 Å².